The summed E-state index contributed by atoms with van der Waals surface area (Å²) >= 11 is 0. The smallest absolute Gasteiger partial charge is 0.408 e. The Kier molecular flexibility index (Phi) is 4.09. The lowest BCUT2D eigenvalue weighted by atomic mass is 10.2. The molecule has 0 spiro atoms. The van der Waals surface area contributed by atoms with Crippen LogP contribution in [0.1, 0.15) is 57.6 Å². The first-order valence-electron chi connectivity index (χ1n) is 7.09. The number of furan rings is 1. The summed E-state index contributed by atoms with van der Waals surface area (Å²) in [6.45, 7) is 7.94. The molecule has 0 radical (unpaired) electrons. The van der Waals surface area contributed by atoms with Gasteiger partial charge in [0, 0.05) is 12.5 Å². The maximum absolute atomic E-state index is 11.8. The van der Waals surface area contributed by atoms with Crippen LogP contribution in [0.5, 0.6) is 0 Å². The van der Waals surface area contributed by atoms with Crippen LogP contribution in [0.2, 0.25) is 0 Å². The number of amides is 1. The van der Waals surface area contributed by atoms with E-state index >= 15 is 0 Å². The van der Waals surface area contributed by atoms with E-state index in [-0.39, 0.29) is 12.6 Å². The fraction of sp³-hybridized carbons (Fsp3) is 0.667. The molecule has 0 saturated heterocycles. The fourth-order valence-electron chi connectivity index (χ4n) is 2.17. The first kappa shape index (κ1) is 14.9. The second-order valence-corrected chi connectivity index (χ2v) is 6.49. The number of nitrogens with one attached hydrogen (secondary N) is 1. The van der Waals surface area contributed by atoms with Gasteiger partial charge >= 0.3 is 6.09 Å². The molecule has 1 heterocycles. The van der Waals surface area contributed by atoms with Crippen LogP contribution < -0.4 is 11.1 Å². The van der Waals surface area contributed by atoms with Crippen molar-refractivity contribution in [3.05, 3.63) is 23.7 Å². The van der Waals surface area contributed by atoms with Crippen LogP contribution in [0, 0.1) is 5.92 Å². The fourth-order valence-corrected chi connectivity index (χ4v) is 2.17. The Morgan fingerprint density at radius 1 is 1.55 bits per heavy atom. The van der Waals surface area contributed by atoms with Gasteiger partial charge in [0.15, 0.2) is 0 Å². The van der Waals surface area contributed by atoms with Crippen molar-refractivity contribution in [3.8, 4) is 0 Å². The molecule has 1 aromatic heterocycles. The molecule has 1 aromatic rings. The molecule has 1 saturated carbocycles. The highest BCUT2D eigenvalue weighted by molar-refractivity contribution is 5.68. The summed E-state index contributed by atoms with van der Waals surface area (Å²) in [5, 5.41) is 2.74. The van der Waals surface area contributed by atoms with Crippen molar-refractivity contribution >= 4 is 6.09 Å². The van der Waals surface area contributed by atoms with E-state index in [0.717, 1.165) is 5.76 Å². The lowest BCUT2D eigenvalue weighted by molar-refractivity contribution is 0.0499. The molecule has 1 amide bonds. The molecule has 3 unspecified atom stereocenters. The van der Waals surface area contributed by atoms with Crippen molar-refractivity contribution in [1.29, 1.82) is 0 Å². The van der Waals surface area contributed by atoms with Crippen LogP contribution in [0.15, 0.2) is 16.5 Å². The number of ether oxygens (including phenoxy) is 1. The Morgan fingerprint density at radius 2 is 2.20 bits per heavy atom. The highest BCUT2D eigenvalue weighted by Gasteiger charge is 2.37. The summed E-state index contributed by atoms with van der Waals surface area (Å²) in [6, 6.07) is 3.51. The molecule has 20 heavy (non-hydrogen) atoms. The number of carbonyl (C=O) groups excluding carboxylic acids is 1. The maximum atomic E-state index is 11.8. The van der Waals surface area contributed by atoms with Crippen molar-refractivity contribution in [3.63, 3.8) is 0 Å². The number of hydrogen-bond donors (Lipinski definition) is 2. The van der Waals surface area contributed by atoms with Gasteiger partial charge in [0.2, 0.25) is 0 Å². The summed E-state index contributed by atoms with van der Waals surface area (Å²) in [7, 11) is 0. The Labute approximate surface area is 119 Å². The molecule has 1 aliphatic rings. The molecule has 3 N–H and O–H groups in total. The summed E-state index contributed by atoms with van der Waals surface area (Å²) in [4.78, 5) is 11.8. The monoisotopic (exact) mass is 280 g/mol. The molecule has 0 aromatic carbocycles. The SMILES string of the molecule is CC1CC1c1ccc(C(CN)NC(=O)OC(C)(C)C)o1. The van der Waals surface area contributed by atoms with Crippen molar-refractivity contribution < 1.29 is 13.9 Å². The van der Waals surface area contributed by atoms with E-state index in [0.29, 0.717) is 17.6 Å². The van der Waals surface area contributed by atoms with Crippen LogP contribution in [-0.2, 0) is 4.74 Å². The zero-order valence-corrected chi connectivity index (χ0v) is 12.6. The molecule has 1 aliphatic carbocycles. The predicted octanol–water partition coefficient (Wildman–Crippen LogP) is 2.93. The second-order valence-electron chi connectivity index (χ2n) is 6.49. The van der Waals surface area contributed by atoms with Gasteiger partial charge in [0.1, 0.15) is 23.2 Å². The minimum Gasteiger partial charge on any atom is -0.464 e. The summed E-state index contributed by atoms with van der Waals surface area (Å²) in [5.41, 5.74) is 5.19. The van der Waals surface area contributed by atoms with Crippen molar-refractivity contribution in [2.75, 3.05) is 6.54 Å². The van der Waals surface area contributed by atoms with Gasteiger partial charge in [-0.1, -0.05) is 6.92 Å². The Balaban J connectivity index is 1.97. The molecule has 5 nitrogen and oxygen atoms in total. The molecule has 5 heteroatoms. The molecular weight excluding hydrogens is 256 g/mol. The minimum atomic E-state index is -0.527. The van der Waals surface area contributed by atoms with E-state index in [1.807, 2.05) is 32.9 Å². The summed E-state index contributed by atoms with van der Waals surface area (Å²) < 4.78 is 11.0. The highest BCUT2D eigenvalue weighted by Crippen LogP contribution is 2.47. The third kappa shape index (κ3) is 3.76. The van der Waals surface area contributed by atoms with Crippen LogP contribution in [0.3, 0.4) is 0 Å². The van der Waals surface area contributed by atoms with Gasteiger partial charge in [-0.05, 0) is 45.2 Å². The van der Waals surface area contributed by atoms with Gasteiger partial charge in [-0.15, -0.1) is 0 Å². The van der Waals surface area contributed by atoms with Crippen LogP contribution in [-0.4, -0.2) is 18.2 Å². The van der Waals surface area contributed by atoms with Gasteiger partial charge < -0.3 is 20.2 Å². The Bertz CT molecular complexity index is 476. The van der Waals surface area contributed by atoms with Gasteiger partial charge in [-0.2, -0.15) is 0 Å². The van der Waals surface area contributed by atoms with Gasteiger partial charge in [0.25, 0.3) is 0 Å². The lowest BCUT2D eigenvalue weighted by Crippen LogP contribution is -2.37. The van der Waals surface area contributed by atoms with Crippen molar-refractivity contribution in [2.24, 2.45) is 11.7 Å². The zero-order valence-electron chi connectivity index (χ0n) is 12.6. The first-order chi connectivity index (χ1) is 9.30. The average molecular weight is 280 g/mol. The largest absolute Gasteiger partial charge is 0.464 e. The number of nitrogens with two attached hydrogens (primary N) is 1. The number of hydrogen-bond acceptors (Lipinski definition) is 4. The molecular formula is C15H24N2O3. The topological polar surface area (TPSA) is 77.5 Å². The van der Waals surface area contributed by atoms with Crippen LogP contribution in [0.4, 0.5) is 4.79 Å². The Morgan fingerprint density at radius 3 is 2.70 bits per heavy atom. The highest BCUT2D eigenvalue weighted by atomic mass is 16.6. The van der Waals surface area contributed by atoms with E-state index < -0.39 is 11.7 Å². The van der Waals surface area contributed by atoms with E-state index in [9.17, 15) is 4.79 Å². The number of carbonyl (C=O) groups is 1. The maximum Gasteiger partial charge on any atom is 0.408 e. The lowest BCUT2D eigenvalue weighted by Gasteiger charge is -2.22. The zero-order chi connectivity index (χ0) is 14.9. The van der Waals surface area contributed by atoms with Gasteiger partial charge in [-0.3, -0.25) is 0 Å². The third-order valence-corrected chi connectivity index (χ3v) is 3.39. The van der Waals surface area contributed by atoms with E-state index in [2.05, 4.69) is 12.2 Å². The number of rotatable bonds is 4. The van der Waals surface area contributed by atoms with E-state index in [4.69, 9.17) is 14.9 Å². The molecule has 3 atom stereocenters. The Hall–Kier alpha value is -1.49. The van der Waals surface area contributed by atoms with Crippen LogP contribution >= 0.6 is 0 Å². The normalized spacial score (nSPS) is 23.2. The molecule has 2 rings (SSSR count). The number of alkyl carbamates (subject to hydrolysis) is 1. The minimum absolute atomic E-state index is 0.270. The van der Waals surface area contributed by atoms with Crippen molar-refractivity contribution in [2.45, 2.75) is 51.7 Å². The van der Waals surface area contributed by atoms with Gasteiger partial charge in [0.05, 0.1) is 0 Å². The quantitative estimate of drug-likeness (QED) is 0.889. The predicted molar refractivity (Wildman–Crippen MR) is 76.4 cm³/mol. The van der Waals surface area contributed by atoms with Crippen LogP contribution in [0.25, 0.3) is 0 Å². The summed E-state index contributed by atoms with van der Waals surface area (Å²) in [5.74, 6) is 2.87. The van der Waals surface area contributed by atoms with Gasteiger partial charge in [-0.25, -0.2) is 4.79 Å². The molecule has 0 aliphatic heterocycles. The van der Waals surface area contributed by atoms with E-state index in [1.165, 1.54) is 6.42 Å². The van der Waals surface area contributed by atoms with Crippen molar-refractivity contribution in [1.82, 2.24) is 5.32 Å². The summed E-state index contributed by atoms with van der Waals surface area (Å²) in [6.07, 6.45) is 0.686. The molecule has 1 fully saturated rings. The van der Waals surface area contributed by atoms with E-state index in [1.54, 1.807) is 0 Å². The molecule has 0 bridgehead atoms. The average Bonchev–Trinajstić information content (AvgIpc) is 2.88. The molecule has 112 valence electrons. The second kappa shape index (κ2) is 5.48. The standard InChI is InChI=1S/C15H24N2O3/c1-9-7-10(9)12-5-6-13(19-12)11(8-16)17-14(18)20-15(2,3)4/h5-6,9-11H,7-8,16H2,1-4H3,(H,17,18). The first-order valence-corrected chi connectivity index (χ1v) is 7.09. The third-order valence-electron chi connectivity index (χ3n) is 3.39.